The number of para-hydroxylation sites is 1. The van der Waals surface area contributed by atoms with Crippen molar-refractivity contribution in [3.8, 4) is 5.75 Å². The predicted octanol–water partition coefficient (Wildman–Crippen LogP) is 5.77. The van der Waals surface area contributed by atoms with Gasteiger partial charge in [0.15, 0.2) is 0 Å². The van der Waals surface area contributed by atoms with E-state index >= 15 is 0 Å². The molecular formula is C24H24Cl2F3N3O3S. The van der Waals surface area contributed by atoms with Gasteiger partial charge in [0.1, 0.15) is 22.8 Å². The molecule has 2 aromatic carbocycles. The summed E-state index contributed by atoms with van der Waals surface area (Å²) in [6, 6.07) is 8.09. The van der Waals surface area contributed by atoms with Crippen molar-refractivity contribution in [2.24, 2.45) is 0 Å². The fraction of sp³-hybridized carbons (Fsp3) is 0.375. The first-order valence-electron chi connectivity index (χ1n) is 11.0. The van der Waals surface area contributed by atoms with Gasteiger partial charge in [0.2, 0.25) is 10.0 Å². The Morgan fingerprint density at radius 3 is 2.56 bits per heavy atom. The molecular weight excluding hydrogens is 538 g/mol. The molecule has 1 aliphatic heterocycles. The van der Waals surface area contributed by atoms with Gasteiger partial charge in [-0.3, -0.25) is 0 Å². The Morgan fingerprint density at radius 2 is 1.92 bits per heavy atom. The summed E-state index contributed by atoms with van der Waals surface area (Å²) in [5.41, 5.74) is -0.394. The minimum atomic E-state index is -4.57. The van der Waals surface area contributed by atoms with E-state index in [-0.39, 0.29) is 55.5 Å². The standard InChI is InChI=1S/C24H24Cl2F3N3O3S/c1-14-11-18(24(27,28)29)16-5-4-6-20(23(16)30-14)35-13-17-19(25)7-8-21(22(17)26)36(33,34)32-10-9-15(12-32)31(2)3/h4-8,11,15H,9-10,12-13H2,1-3H3/t15-/m1/s1. The van der Waals surface area contributed by atoms with Gasteiger partial charge in [-0.15, -0.1) is 0 Å². The number of nitrogens with zero attached hydrogens (tertiary/aromatic N) is 3. The van der Waals surface area contributed by atoms with Gasteiger partial charge in [-0.05, 0) is 51.7 Å². The fourth-order valence-corrected chi connectivity index (χ4v) is 6.60. The SMILES string of the molecule is Cc1cc(C(F)(F)F)c2cccc(OCc3c(Cl)ccc(S(=O)(=O)N4CC[C@@H](N(C)C)C4)c3Cl)c2n1. The maximum atomic E-state index is 13.6. The van der Waals surface area contributed by atoms with E-state index in [0.29, 0.717) is 19.5 Å². The number of fused-ring (bicyclic) bond motifs is 1. The van der Waals surface area contributed by atoms with E-state index in [9.17, 15) is 21.6 Å². The molecule has 0 amide bonds. The lowest BCUT2D eigenvalue weighted by Gasteiger charge is -2.21. The third-order valence-electron chi connectivity index (χ3n) is 6.23. The lowest BCUT2D eigenvalue weighted by atomic mass is 10.1. The van der Waals surface area contributed by atoms with E-state index in [4.69, 9.17) is 27.9 Å². The number of benzene rings is 2. The van der Waals surface area contributed by atoms with Gasteiger partial charge in [-0.1, -0.05) is 35.3 Å². The van der Waals surface area contributed by atoms with Gasteiger partial charge in [0.25, 0.3) is 0 Å². The molecule has 0 unspecified atom stereocenters. The summed E-state index contributed by atoms with van der Waals surface area (Å²) >= 11 is 12.9. The van der Waals surface area contributed by atoms with Crippen LogP contribution in [0, 0.1) is 6.92 Å². The molecule has 1 saturated heterocycles. The first kappa shape index (κ1) is 26.9. The topological polar surface area (TPSA) is 62.7 Å². The molecule has 194 valence electrons. The van der Waals surface area contributed by atoms with Crippen molar-refractivity contribution in [2.75, 3.05) is 27.2 Å². The van der Waals surface area contributed by atoms with Crippen molar-refractivity contribution < 1.29 is 26.3 Å². The van der Waals surface area contributed by atoms with E-state index in [0.717, 1.165) is 6.07 Å². The molecule has 3 aromatic rings. The first-order valence-corrected chi connectivity index (χ1v) is 13.2. The highest BCUT2D eigenvalue weighted by atomic mass is 35.5. The van der Waals surface area contributed by atoms with Gasteiger partial charge >= 0.3 is 6.18 Å². The molecule has 0 radical (unpaired) electrons. The number of sulfonamides is 1. The zero-order valence-electron chi connectivity index (χ0n) is 19.7. The number of hydrogen-bond acceptors (Lipinski definition) is 5. The summed E-state index contributed by atoms with van der Waals surface area (Å²) in [7, 11) is -0.106. The molecule has 0 spiro atoms. The Bertz CT molecular complexity index is 1420. The number of pyridine rings is 1. The quantitative estimate of drug-likeness (QED) is 0.382. The van der Waals surface area contributed by atoms with Crippen LogP contribution in [0.5, 0.6) is 5.75 Å². The van der Waals surface area contributed by atoms with Crippen molar-refractivity contribution in [1.29, 1.82) is 0 Å². The Hall–Kier alpha value is -2.11. The molecule has 1 atom stereocenters. The monoisotopic (exact) mass is 561 g/mol. The fourth-order valence-electron chi connectivity index (χ4n) is 4.25. The van der Waals surface area contributed by atoms with E-state index in [1.165, 1.54) is 41.6 Å². The Kier molecular flexibility index (Phi) is 7.47. The number of ether oxygens (including phenoxy) is 1. The average Bonchev–Trinajstić information content (AvgIpc) is 3.29. The molecule has 1 fully saturated rings. The van der Waals surface area contributed by atoms with Crippen molar-refractivity contribution in [1.82, 2.24) is 14.2 Å². The highest BCUT2D eigenvalue weighted by Crippen LogP contribution is 2.39. The second-order valence-corrected chi connectivity index (χ2v) is 11.5. The molecule has 12 heteroatoms. The van der Waals surface area contributed by atoms with E-state index in [1.54, 1.807) is 0 Å². The first-order chi connectivity index (χ1) is 16.8. The van der Waals surface area contributed by atoms with Gasteiger partial charge in [-0.25, -0.2) is 13.4 Å². The molecule has 1 aliphatic rings. The summed E-state index contributed by atoms with van der Waals surface area (Å²) < 4.78 is 74.6. The molecule has 1 aromatic heterocycles. The number of halogens is 5. The van der Waals surface area contributed by atoms with Crippen molar-refractivity contribution in [3.05, 3.63) is 63.3 Å². The maximum absolute atomic E-state index is 13.6. The van der Waals surface area contributed by atoms with Crippen LogP contribution in [0.4, 0.5) is 13.2 Å². The normalized spacial score (nSPS) is 17.3. The predicted molar refractivity (Wildman–Crippen MR) is 133 cm³/mol. The summed E-state index contributed by atoms with van der Waals surface area (Å²) in [6.07, 6.45) is -3.87. The maximum Gasteiger partial charge on any atom is 0.417 e. The van der Waals surface area contributed by atoms with Crippen LogP contribution in [-0.4, -0.2) is 55.8 Å². The van der Waals surface area contributed by atoms with E-state index in [2.05, 4.69) is 4.98 Å². The molecule has 4 rings (SSSR count). The number of rotatable bonds is 6. The lowest BCUT2D eigenvalue weighted by Crippen LogP contribution is -2.34. The van der Waals surface area contributed by atoms with Crippen molar-refractivity contribution in [3.63, 3.8) is 0 Å². The van der Waals surface area contributed by atoms with Crippen LogP contribution in [0.15, 0.2) is 41.3 Å². The molecule has 36 heavy (non-hydrogen) atoms. The minimum Gasteiger partial charge on any atom is -0.487 e. The summed E-state index contributed by atoms with van der Waals surface area (Å²) in [5.74, 6) is 0.0930. The molecule has 6 nitrogen and oxygen atoms in total. The Labute approximate surface area is 217 Å². The zero-order valence-corrected chi connectivity index (χ0v) is 22.1. The minimum absolute atomic E-state index is 0.0349. The van der Waals surface area contributed by atoms with Crippen molar-refractivity contribution in [2.45, 2.75) is 37.1 Å². The lowest BCUT2D eigenvalue weighted by molar-refractivity contribution is -0.136. The highest BCUT2D eigenvalue weighted by molar-refractivity contribution is 7.89. The third kappa shape index (κ3) is 5.15. The van der Waals surface area contributed by atoms with Gasteiger partial charge in [-0.2, -0.15) is 17.5 Å². The Balaban J connectivity index is 1.67. The van der Waals surface area contributed by atoms with Gasteiger partial charge < -0.3 is 9.64 Å². The summed E-state index contributed by atoms with van der Waals surface area (Å²) in [5, 5.41) is -0.0216. The van der Waals surface area contributed by atoms with Crippen LogP contribution in [0.3, 0.4) is 0 Å². The van der Waals surface area contributed by atoms with Crippen molar-refractivity contribution >= 4 is 44.1 Å². The Morgan fingerprint density at radius 1 is 1.19 bits per heavy atom. The number of aryl methyl sites for hydroxylation is 1. The van der Waals surface area contributed by atoms with Gasteiger partial charge in [0.05, 0.1) is 10.6 Å². The van der Waals surface area contributed by atoms with Gasteiger partial charge in [0, 0.05) is 40.8 Å². The third-order valence-corrected chi connectivity index (χ3v) is 9.04. The number of alkyl halides is 3. The molecule has 0 bridgehead atoms. The zero-order chi connectivity index (χ0) is 26.4. The number of aromatic nitrogens is 1. The van der Waals surface area contributed by atoms with Crippen LogP contribution < -0.4 is 4.74 Å². The highest BCUT2D eigenvalue weighted by Gasteiger charge is 2.36. The van der Waals surface area contributed by atoms with Crippen LogP contribution in [0.2, 0.25) is 10.0 Å². The molecule has 0 aliphatic carbocycles. The molecule has 0 saturated carbocycles. The summed E-state index contributed by atoms with van der Waals surface area (Å²) in [4.78, 5) is 6.12. The van der Waals surface area contributed by atoms with E-state index < -0.39 is 21.8 Å². The largest absolute Gasteiger partial charge is 0.487 e. The van der Waals surface area contributed by atoms with Crippen LogP contribution in [0.25, 0.3) is 10.9 Å². The second kappa shape index (κ2) is 9.98. The molecule has 0 N–H and O–H groups in total. The molecule has 2 heterocycles. The van der Waals surface area contributed by atoms with Crippen LogP contribution in [-0.2, 0) is 22.8 Å². The number of hydrogen-bond donors (Lipinski definition) is 0. The smallest absolute Gasteiger partial charge is 0.417 e. The average molecular weight is 562 g/mol. The van der Waals surface area contributed by atoms with Crippen LogP contribution in [0.1, 0.15) is 23.2 Å². The summed E-state index contributed by atoms with van der Waals surface area (Å²) in [6.45, 7) is 1.89. The number of likely N-dealkylation sites (N-methyl/N-ethyl adjacent to an activating group) is 1. The van der Waals surface area contributed by atoms with Crippen LogP contribution >= 0.6 is 23.2 Å². The van der Waals surface area contributed by atoms with E-state index in [1.807, 2.05) is 19.0 Å². The second-order valence-electron chi connectivity index (χ2n) is 8.86.